The van der Waals surface area contributed by atoms with Crippen molar-refractivity contribution in [2.45, 2.75) is 0 Å². The van der Waals surface area contributed by atoms with Crippen molar-refractivity contribution in [3.05, 3.63) is 71.9 Å². The van der Waals surface area contributed by atoms with Gasteiger partial charge in [-0.2, -0.15) is 5.01 Å². The second kappa shape index (κ2) is 6.49. The van der Waals surface area contributed by atoms with Crippen LogP contribution in [-0.2, 0) is 4.79 Å². The number of para-hydroxylation sites is 1. The van der Waals surface area contributed by atoms with Crippen LogP contribution in [0.5, 0.6) is 0 Å². The summed E-state index contributed by atoms with van der Waals surface area (Å²) in [7, 11) is 0. The molecule has 3 rings (SSSR count). The molecule has 5 heteroatoms. The molecule has 4 nitrogen and oxygen atoms in total. The standard InChI is InChI=1S/C17H15N3OS/c1-22-17-18-15(12-13-8-4-2-5-9-13)16(21)20(17)19-14-10-6-3-7-11-14/h2-12,19H,1H3/b15-12-. The molecular weight excluding hydrogens is 294 g/mol. The van der Waals surface area contributed by atoms with E-state index in [0.717, 1.165) is 11.3 Å². The molecule has 0 saturated carbocycles. The molecule has 0 saturated heterocycles. The number of hydrazine groups is 1. The number of carbonyl (C=O) groups is 1. The van der Waals surface area contributed by atoms with Crippen LogP contribution >= 0.6 is 11.8 Å². The summed E-state index contributed by atoms with van der Waals surface area (Å²) in [5, 5.41) is 2.12. The first kappa shape index (κ1) is 14.4. The lowest BCUT2D eigenvalue weighted by molar-refractivity contribution is -0.121. The summed E-state index contributed by atoms with van der Waals surface area (Å²) in [4.78, 5) is 17.0. The normalized spacial score (nSPS) is 16.0. The van der Waals surface area contributed by atoms with Gasteiger partial charge in [0.15, 0.2) is 5.17 Å². The van der Waals surface area contributed by atoms with Crippen molar-refractivity contribution in [3.63, 3.8) is 0 Å². The van der Waals surface area contributed by atoms with Crippen molar-refractivity contribution in [2.75, 3.05) is 11.7 Å². The van der Waals surface area contributed by atoms with E-state index >= 15 is 0 Å². The highest BCUT2D eigenvalue weighted by molar-refractivity contribution is 8.13. The van der Waals surface area contributed by atoms with Crippen molar-refractivity contribution in [3.8, 4) is 0 Å². The zero-order chi connectivity index (χ0) is 15.4. The molecule has 22 heavy (non-hydrogen) atoms. The number of anilines is 1. The van der Waals surface area contributed by atoms with Gasteiger partial charge in [0.05, 0.1) is 5.69 Å². The van der Waals surface area contributed by atoms with E-state index in [-0.39, 0.29) is 5.91 Å². The molecule has 1 aliphatic rings. The summed E-state index contributed by atoms with van der Waals surface area (Å²) < 4.78 is 0. The molecule has 1 heterocycles. The average Bonchev–Trinajstić information content (AvgIpc) is 2.86. The second-order valence-electron chi connectivity index (χ2n) is 4.66. The van der Waals surface area contributed by atoms with E-state index in [1.165, 1.54) is 16.8 Å². The van der Waals surface area contributed by atoms with Crippen molar-refractivity contribution in [1.82, 2.24) is 5.01 Å². The third kappa shape index (κ3) is 3.04. The minimum atomic E-state index is -0.156. The largest absolute Gasteiger partial charge is 0.297 e. The lowest BCUT2D eigenvalue weighted by Crippen LogP contribution is -2.35. The van der Waals surface area contributed by atoms with E-state index in [1.807, 2.05) is 66.9 Å². The van der Waals surface area contributed by atoms with Crippen molar-refractivity contribution in [2.24, 2.45) is 4.99 Å². The third-order valence-corrected chi connectivity index (χ3v) is 3.77. The fourth-order valence-electron chi connectivity index (χ4n) is 2.08. The van der Waals surface area contributed by atoms with Crippen LogP contribution in [0.1, 0.15) is 5.56 Å². The van der Waals surface area contributed by atoms with Gasteiger partial charge >= 0.3 is 0 Å². The van der Waals surface area contributed by atoms with E-state index < -0.39 is 0 Å². The molecule has 2 aromatic carbocycles. The minimum absolute atomic E-state index is 0.156. The summed E-state index contributed by atoms with van der Waals surface area (Å²) in [6.07, 6.45) is 3.70. The summed E-state index contributed by atoms with van der Waals surface area (Å²) in [6.45, 7) is 0. The molecule has 1 amide bonds. The van der Waals surface area contributed by atoms with Crippen LogP contribution in [0.2, 0.25) is 0 Å². The first-order valence-electron chi connectivity index (χ1n) is 6.83. The number of rotatable bonds is 3. The smallest absolute Gasteiger partial charge is 0.289 e. The molecule has 1 aliphatic heterocycles. The zero-order valence-electron chi connectivity index (χ0n) is 12.1. The van der Waals surface area contributed by atoms with Gasteiger partial charge in [-0.3, -0.25) is 10.2 Å². The Morgan fingerprint density at radius 2 is 1.68 bits per heavy atom. The lowest BCUT2D eigenvalue weighted by atomic mass is 10.2. The van der Waals surface area contributed by atoms with Crippen LogP contribution in [0.4, 0.5) is 5.69 Å². The van der Waals surface area contributed by atoms with Crippen molar-refractivity contribution in [1.29, 1.82) is 0 Å². The molecule has 2 aromatic rings. The predicted octanol–water partition coefficient (Wildman–Crippen LogP) is 3.62. The van der Waals surface area contributed by atoms with Gasteiger partial charge < -0.3 is 0 Å². The Morgan fingerprint density at radius 3 is 2.32 bits per heavy atom. The van der Waals surface area contributed by atoms with E-state index in [4.69, 9.17) is 0 Å². The van der Waals surface area contributed by atoms with Gasteiger partial charge in [0.2, 0.25) is 0 Å². The van der Waals surface area contributed by atoms with E-state index in [0.29, 0.717) is 10.9 Å². The highest BCUT2D eigenvalue weighted by Crippen LogP contribution is 2.23. The van der Waals surface area contributed by atoms with Gasteiger partial charge in [-0.1, -0.05) is 60.3 Å². The Balaban J connectivity index is 1.86. The fraction of sp³-hybridized carbons (Fsp3) is 0.0588. The van der Waals surface area contributed by atoms with Crippen LogP contribution in [0.25, 0.3) is 6.08 Å². The van der Waals surface area contributed by atoms with Gasteiger partial charge in [0, 0.05) is 0 Å². The number of aliphatic imine (C=N–C) groups is 1. The maximum absolute atomic E-state index is 12.6. The Kier molecular flexibility index (Phi) is 4.25. The number of amidine groups is 1. The molecule has 0 atom stereocenters. The Hall–Kier alpha value is -2.53. The molecule has 110 valence electrons. The van der Waals surface area contributed by atoms with Crippen molar-refractivity contribution >= 4 is 34.6 Å². The minimum Gasteiger partial charge on any atom is -0.289 e. The van der Waals surface area contributed by atoms with Gasteiger partial charge in [-0.15, -0.1) is 0 Å². The Labute approximate surface area is 133 Å². The molecule has 0 bridgehead atoms. The molecule has 0 unspecified atom stereocenters. The second-order valence-corrected chi connectivity index (χ2v) is 5.43. The number of hydrogen-bond acceptors (Lipinski definition) is 4. The number of carbonyl (C=O) groups excluding carboxylic acids is 1. The topological polar surface area (TPSA) is 44.7 Å². The maximum Gasteiger partial charge on any atom is 0.297 e. The van der Waals surface area contributed by atoms with E-state index in [1.54, 1.807) is 6.08 Å². The Bertz CT molecular complexity index is 726. The molecule has 0 aliphatic carbocycles. The number of thioether (sulfide) groups is 1. The molecule has 0 radical (unpaired) electrons. The van der Waals surface area contributed by atoms with Crippen LogP contribution in [-0.4, -0.2) is 22.3 Å². The highest BCUT2D eigenvalue weighted by Gasteiger charge is 2.30. The maximum atomic E-state index is 12.6. The monoisotopic (exact) mass is 309 g/mol. The van der Waals surface area contributed by atoms with Crippen LogP contribution in [0.3, 0.4) is 0 Å². The molecule has 0 aromatic heterocycles. The number of amides is 1. The summed E-state index contributed by atoms with van der Waals surface area (Å²) in [5.74, 6) is -0.156. The number of nitrogens with one attached hydrogen (secondary N) is 1. The van der Waals surface area contributed by atoms with Gasteiger partial charge in [-0.05, 0) is 30.0 Å². The lowest BCUT2D eigenvalue weighted by Gasteiger charge is -2.18. The number of benzene rings is 2. The van der Waals surface area contributed by atoms with Gasteiger partial charge in [-0.25, -0.2) is 4.99 Å². The summed E-state index contributed by atoms with van der Waals surface area (Å²) >= 11 is 1.43. The first-order chi connectivity index (χ1) is 10.8. The average molecular weight is 309 g/mol. The first-order valence-corrected chi connectivity index (χ1v) is 8.06. The molecule has 1 N–H and O–H groups in total. The highest BCUT2D eigenvalue weighted by atomic mass is 32.2. The summed E-state index contributed by atoms with van der Waals surface area (Å²) in [6, 6.07) is 19.3. The predicted molar refractivity (Wildman–Crippen MR) is 92.3 cm³/mol. The Morgan fingerprint density at radius 1 is 1.05 bits per heavy atom. The third-order valence-electron chi connectivity index (χ3n) is 3.13. The van der Waals surface area contributed by atoms with Crippen molar-refractivity contribution < 1.29 is 4.79 Å². The van der Waals surface area contributed by atoms with Crippen LogP contribution < -0.4 is 5.43 Å². The SMILES string of the molecule is CSC1=N/C(=C\c2ccccc2)C(=O)N1Nc1ccccc1. The molecule has 0 fully saturated rings. The summed E-state index contributed by atoms with van der Waals surface area (Å²) in [5.41, 5.74) is 5.33. The number of nitrogens with zero attached hydrogens (tertiary/aromatic N) is 2. The van der Waals surface area contributed by atoms with Crippen LogP contribution in [0, 0.1) is 0 Å². The van der Waals surface area contributed by atoms with E-state index in [2.05, 4.69) is 10.4 Å². The van der Waals surface area contributed by atoms with Crippen LogP contribution in [0.15, 0.2) is 71.4 Å². The fourth-order valence-corrected chi connectivity index (χ4v) is 2.58. The van der Waals surface area contributed by atoms with Gasteiger partial charge in [0.1, 0.15) is 5.70 Å². The number of hydrogen-bond donors (Lipinski definition) is 1. The molecular formula is C17H15N3OS. The van der Waals surface area contributed by atoms with Gasteiger partial charge in [0.25, 0.3) is 5.91 Å². The quantitative estimate of drug-likeness (QED) is 0.881. The van der Waals surface area contributed by atoms with E-state index in [9.17, 15) is 4.79 Å². The zero-order valence-corrected chi connectivity index (χ0v) is 12.9. The molecule has 0 spiro atoms.